The molecule has 306 valence electrons. The fourth-order valence-corrected chi connectivity index (χ4v) is 5.71. The third-order valence-corrected chi connectivity index (χ3v) is 8.56. The first-order valence-electron chi connectivity index (χ1n) is 18.3. The van der Waals surface area contributed by atoms with Crippen LogP contribution in [0.25, 0.3) is 21.9 Å². The van der Waals surface area contributed by atoms with E-state index in [9.17, 15) is 19.2 Å². The number of anilines is 4. The fourth-order valence-electron chi connectivity index (χ4n) is 5.71. The third kappa shape index (κ3) is 10.6. The number of aryl methyl sites for hydroxylation is 1. The Morgan fingerprint density at radius 2 is 1.20 bits per heavy atom. The number of rotatable bonds is 10. The van der Waals surface area contributed by atoms with Gasteiger partial charge >= 0.3 is 18.0 Å². The molecule has 19 nitrogen and oxygen atoms in total. The highest BCUT2D eigenvalue weighted by atomic mass is 16.5. The number of aromatic nitrogens is 7. The summed E-state index contributed by atoms with van der Waals surface area (Å²) < 4.78 is 18.0. The van der Waals surface area contributed by atoms with Crippen LogP contribution in [0, 0.1) is 0 Å². The molecule has 4 aromatic heterocycles. The smallest absolute Gasteiger partial charge is 0.356 e. The maximum absolute atomic E-state index is 12.4. The monoisotopic (exact) mass is 820 g/mol. The van der Waals surface area contributed by atoms with Gasteiger partial charge in [-0.15, -0.1) is 5.10 Å². The molecule has 5 amide bonds. The Morgan fingerprint density at radius 1 is 0.639 bits per heavy atom. The number of benzene rings is 4. The van der Waals surface area contributed by atoms with Gasteiger partial charge in [0.2, 0.25) is 0 Å². The van der Waals surface area contributed by atoms with Crippen LogP contribution >= 0.6 is 0 Å². The fraction of sp³-hybridized carbons (Fsp3) is 0.0714. The number of aromatic amines is 1. The van der Waals surface area contributed by atoms with Gasteiger partial charge in [0.25, 0.3) is 5.91 Å². The number of hydrogen-bond acceptors (Lipinski definition) is 12. The van der Waals surface area contributed by atoms with E-state index in [0.717, 1.165) is 16.4 Å². The second kappa shape index (κ2) is 18.6. The van der Waals surface area contributed by atoms with Crippen LogP contribution in [-0.2, 0) is 11.8 Å². The van der Waals surface area contributed by atoms with Crippen LogP contribution in [0.5, 0.6) is 23.0 Å². The van der Waals surface area contributed by atoms with Crippen molar-refractivity contribution < 1.29 is 33.4 Å². The number of carbonyl (C=O) groups is 4. The number of hydrogen-bond donors (Lipinski definition) is 6. The molecule has 0 aliphatic rings. The molecule has 0 saturated carbocycles. The Balaban J connectivity index is 0.000000184. The topological polar surface area (TPSA) is 241 Å². The molecular weight excluding hydrogens is 785 g/mol. The molecule has 8 aromatic rings. The number of pyridine rings is 2. The zero-order chi connectivity index (χ0) is 42.7. The maximum Gasteiger partial charge on any atom is 0.356 e. The first kappa shape index (κ1) is 40.3. The Bertz CT molecular complexity index is 2880. The van der Waals surface area contributed by atoms with Gasteiger partial charge in [-0.2, -0.15) is 5.10 Å². The lowest BCUT2D eigenvalue weighted by Gasteiger charge is -2.10. The Hall–Kier alpha value is -8.87. The molecule has 0 unspecified atom stereocenters. The number of urea groups is 2. The standard InChI is InChI=1S/C22H19N5O4.C20H17N7O3/c1-27-20-7-6-16(10-14(20)13-24-27)26-22(29)25-15-4-3-5-17(11-15)31-18-8-9-23-19(12-18)21(28)30-2;1-21-19(28)18-11-15(7-8-22-18)30-14-4-2-3-12(9-14)23-20(29)24-13-5-6-16-17(10-13)26-27-25-16/h3-13H,1-2H3,(H2,25,26,29);2-11H,1H3,(H,21,28)(H2,23,24,29)(H,25,26,27). The molecule has 0 aliphatic heterocycles. The van der Waals surface area contributed by atoms with Crippen LogP contribution < -0.4 is 36.1 Å². The Labute approximate surface area is 346 Å². The van der Waals surface area contributed by atoms with Crippen LogP contribution in [0.3, 0.4) is 0 Å². The van der Waals surface area contributed by atoms with Crippen molar-refractivity contribution in [3.05, 3.63) is 139 Å². The first-order chi connectivity index (χ1) is 29.6. The molecule has 61 heavy (non-hydrogen) atoms. The normalized spacial score (nSPS) is 10.5. The minimum Gasteiger partial charge on any atom is -0.464 e. The van der Waals surface area contributed by atoms with Crippen LogP contribution in [0.2, 0.25) is 0 Å². The molecule has 8 rings (SSSR count). The van der Waals surface area contributed by atoms with Crippen molar-refractivity contribution in [3.63, 3.8) is 0 Å². The van der Waals surface area contributed by atoms with Gasteiger partial charge in [-0.1, -0.05) is 17.3 Å². The zero-order valence-corrected chi connectivity index (χ0v) is 32.7. The van der Waals surface area contributed by atoms with Gasteiger partial charge in [-0.25, -0.2) is 19.4 Å². The number of nitrogens with zero attached hydrogens (tertiary/aromatic N) is 6. The summed E-state index contributed by atoms with van der Waals surface area (Å²) in [5, 5.41) is 29.1. The molecule has 0 atom stereocenters. The van der Waals surface area contributed by atoms with Crippen molar-refractivity contribution in [1.29, 1.82) is 0 Å². The van der Waals surface area contributed by atoms with Gasteiger partial charge in [0.05, 0.1) is 24.3 Å². The molecular formula is C42H36N12O7. The van der Waals surface area contributed by atoms with Crippen molar-refractivity contribution in [3.8, 4) is 23.0 Å². The Kier molecular flexibility index (Phi) is 12.3. The predicted octanol–water partition coefficient (Wildman–Crippen LogP) is 7.34. The quantitative estimate of drug-likeness (QED) is 0.0743. The molecule has 6 N–H and O–H groups in total. The van der Waals surface area contributed by atoms with Crippen LogP contribution in [0.15, 0.2) is 128 Å². The van der Waals surface area contributed by atoms with Gasteiger partial charge in [-0.05, 0) is 72.8 Å². The second-order valence-electron chi connectivity index (χ2n) is 12.8. The lowest BCUT2D eigenvalue weighted by molar-refractivity contribution is 0.0593. The van der Waals surface area contributed by atoms with E-state index >= 15 is 0 Å². The van der Waals surface area contributed by atoms with E-state index < -0.39 is 18.0 Å². The molecule has 19 heteroatoms. The number of H-pyrrole nitrogens is 1. The molecule has 0 spiro atoms. The van der Waals surface area contributed by atoms with Crippen LogP contribution in [0.4, 0.5) is 32.3 Å². The van der Waals surface area contributed by atoms with Crippen molar-refractivity contribution in [1.82, 2.24) is 40.5 Å². The minimum absolute atomic E-state index is 0.138. The van der Waals surface area contributed by atoms with E-state index in [1.165, 1.54) is 38.7 Å². The number of nitrogens with one attached hydrogen (secondary N) is 6. The first-order valence-corrected chi connectivity index (χ1v) is 18.3. The summed E-state index contributed by atoms with van der Waals surface area (Å²) in [6.45, 7) is 0. The molecule has 0 aliphatic carbocycles. The average molecular weight is 821 g/mol. The van der Waals surface area contributed by atoms with Gasteiger partial charge in [0, 0.05) is 78.9 Å². The van der Waals surface area contributed by atoms with Crippen molar-refractivity contribution >= 4 is 68.6 Å². The van der Waals surface area contributed by atoms with E-state index in [1.807, 2.05) is 25.2 Å². The minimum atomic E-state index is -0.554. The molecule has 0 saturated heterocycles. The lowest BCUT2D eigenvalue weighted by atomic mass is 10.2. The summed E-state index contributed by atoms with van der Waals surface area (Å²) in [6, 6.07) is 30.0. The van der Waals surface area contributed by atoms with E-state index in [2.05, 4.69) is 61.8 Å². The highest BCUT2D eigenvalue weighted by Crippen LogP contribution is 2.27. The average Bonchev–Trinajstić information content (AvgIpc) is 3.89. The third-order valence-electron chi connectivity index (χ3n) is 8.56. The molecule has 4 heterocycles. The van der Waals surface area contributed by atoms with Gasteiger partial charge in [0.1, 0.15) is 34.2 Å². The summed E-state index contributed by atoms with van der Waals surface area (Å²) in [5.41, 5.74) is 5.09. The van der Waals surface area contributed by atoms with Gasteiger partial charge in [-0.3, -0.25) is 19.6 Å². The van der Waals surface area contributed by atoms with Crippen molar-refractivity contribution in [2.75, 3.05) is 35.4 Å². The van der Waals surface area contributed by atoms with Crippen molar-refractivity contribution in [2.24, 2.45) is 7.05 Å². The summed E-state index contributed by atoms with van der Waals surface area (Å²) in [7, 11) is 4.67. The summed E-state index contributed by atoms with van der Waals surface area (Å²) in [4.78, 5) is 56.0. The number of ether oxygens (including phenoxy) is 3. The zero-order valence-electron chi connectivity index (χ0n) is 32.7. The molecule has 0 bridgehead atoms. The highest BCUT2D eigenvalue weighted by molar-refractivity contribution is 6.02. The molecule has 4 aromatic carbocycles. The predicted molar refractivity (Wildman–Crippen MR) is 226 cm³/mol. The number of esters is 1. The molecule has 0 fully saturated rings. The van der Waals surface area contributed by atoms with Gasteiger partial charge < -0.3 is 40.8 Å². The molecule has 0 radical (unpaired) electrons. The van der Waals surface area contributed by atoms with E-state index in [4.69, 9.17) is 9.47 Å². The number of amides is 5. The highest BCUT2D eigenvalue weighted by Gasteiger charge is 2.12. The SMILES string of the molecule is CNC(=O)c1cc(Oc2cccc(NC(=O)Nc3ccc4[nH]nnc4c3)c2)ccn1.COC(=O)c1cc(Oc2cccc(NC(=O)Nc3ccc4c(cnn4C)c3)c2)ccn1. The van der Waals surface area contributed by atoms with E-state index in [-0.39, 0.29) is 17.3 Å². The largest absolute Gasteiger partial charge is 0.464 e. The number of fused-ring (bicyclic) bond motifs is 2. The van der Waals surface area contributed by atoms with Gasteiger partial charge in [0.15, 0.2) is 5.69 Å². The van der Waals surface area contributed by atoms with Crippen molar-refractivity contribution in [2.45, 2.75) is 0 Å². The second-order valence-corrected chi connectivity index (χ2v) is 12.8. The summed E-state index contributed by atoms with van der Waals surface area (Å²) in [5.74, 6) is 0.980. The Morgan fingerprint density at radius 3 is 1.82 bits per heavy atom. The number of methoxy groups -OCH3 is 1. The summed E-state index contributed by atoms with van der Waals surface area (Å²) in [6.07, 6.45) is 4.68. The van der Waals surface area contributed by atoms with E-state index in [0.29, 0.717) is 51.3 Å². The van der Waals surface area contributed by atoms with Crippen LogP contribution in [-0.4, -0.2) is 73.3 Å². The van der Waals surface area contributed by atoms with E-state index in [1.54, 1.807) is 89.7 Å². The summed E-state index contributed by atoms with van der Waals surface area (Å²) >= 11 is 0. The number of carbonyl (C=O) groups excluding carboxylic acids is 4. The maximum atomic E-state index is 12.4. The lowest BCUT2D eigenvalue weighted by Crippen LogP contribution is -2.19. The van der Waals surface area contributed by atoms with Crippen LogP contribution in [0.1, 0.15) is 21.0 Å².